The average molecular weight is 362 g/mol. The molecule has 4 aromatic rings. The zero-order chi connectivity index (χ0) is 18.1. The minimum atomic E-state index is -0.0722. The second-order valence-electron chi connectivity index (χ2n) is 6.14. The number of fused-ring (bicyclic) bond motifs is 2. The van der Waals surface area contributed by atoms with Crippen molar-refractivity contribution in [2.75, 3.05) is 12.4 Å². The maximum atomic E-state index is 12.6. The number of carbonyl (C=O) groups excluding carboxylic acids is 1. The maximum Gasteiger partial charge on any atom is 0.230 e. The number of benzene rings is 3. The Balaban J connectivity index is 1.60. The Morgan fingerprint density at radius 1 is 1.12 bits per heavy atom. The van der Waals surface area contributed by atoms with Gasteiger partial charge < -0.3 is 10.1 Å². The first-order chi connectivity index (χ1) is 12.7. The van der Waals surface area contributed by atoms with E-state index in [2.05, 4.69) is 22.4 Å². The lowest BCUT2D eigenvalue weighted by Gasteiger charge is -2.06. The molecule has 130 valence electrons. The van der Waals surface area contributed by atoms with Crippen LogP contribution in [0.25, 0.3) is 21.0 Å². The monoisotopic (exact) mass is 362 g/mol. The fourth-order valence-corrected chi connectivity index (χ4v) is 4.08. The van der Waals surface area contributed by atoms with Gasteiger partial charge in [-0.15, -0.1) is 0 Å². The number of thiazole rings is 1. The van der Waals surface area contributed by atoms with Crippen molar-refractivity contribution in [3.63, 3.8) is 0 Å². The molecule has 0 saturated carbocycles. The molecule has 0 bridgehead atoms. The van der Waals surface area contributed by atoms with Crippen molar-refractivity contribution in [3.05, 3.63) is 65.7 Å². The number of amides is 1. The Labute approximate surface area is 155 Å². The number of aryl methyl sites for hydroxylation is 1. The van der Waals surface area contributed by atoms with Gasteiger partial charge in [-0.05, 0) is 34.9 Å². The third kappa shape index (κ3) is 3.02. The summed E-state index contributed by atoms with van der Waals surface area (Å²) >= 11 is 1.47. The standard InChI is InChI=1S/C21H18N2O2S/c1-13-10-11-17(25-2)19-20(13)26-21(23-19)22-18(24)12-15-8-5-7-14-6-3-4-9-16(14)15/h3-11H,12H2,1-2H3,(H,22,23,24). The van der Waals surface area contributed by atoms with Gasteiger partial charge in [0.05, 0.1) is 18.2 Å². The van der Waals surface area contributed by atoms with Gasteiger partial charge in [0, 0.05) is 0 Å². The zero-order valence-corrected chi connectivity index (χ0v) is 15.4. The normalized spacial score (nSPS) is 11.0. The lowest BCUT2D eigenvalue weighted by Crippen LogP contribution is -2.14. The molecule has 3 aromatic carbocycles. The van der Waals surface area contributed by atoms with E-state index in [-0.39, 0.29) is 5.91 Å². The Bertz CT molecular complexity index is 1110. The quantitative estimate of drug-likeness (QED) is 0.559. The molecular weight excluding hydrogens is 344 g/mol. The van der Waals surface area contributed by atoms with Crippen LogP contribution in [0.3, 0.4) is 0 Å². The first-order valence-corrected chi connectivity index (χ1v) is 9.18. The number of nitrogens with one attached hydrogen (secondary N) is 1. The highest BCUT2D eigenvalue weighted by Gasteiger charge is 2.14. The van der Waals surface area contributed by atoms with E-state index in [0.29, 0.717) is 11.6 Å². The third-order valence-corrected chi connectivity index (χ3v) is 5.51. The summed E-state index contributed by atoms with van der Waals surface area (Å²) in [7, 11) is 1.63. The van der Waals surface area contributed by atoms with Gasteiger partial charge in [-0.2, -0.15) is 0 Å². The van der Waals surface area contributed by atoms with Crippen molar-refractivity contribution in [1.82, 2.24) is 4.98 Å². The molecule has 1 amide bonds. The molecule has 0 unspecified atom stereocenters. The van der Waals surface area contributed by atoms with Crippen LogP contribution in [0.4, 0.5) is 5.13 Å². The summed E-state index contributed by atoms with van der Waals surface area (Å²) in [6.45, 7) is 2.03. The van der Waals surface area contributed by atoms with Crippen molar-refractivity contribution in [3.8, 4) is 5.75 Å². The van der Waals surface area contributed by atoms with Crippen LogP contribution < -0.4 is 10.1 Å². The molecular formula is C21H18N2O2S. The fraction of sp³-hybridized carbons (Fsp3) is 0.143. The van der Waals surface area contributed by atoms with Gasteiger partial charge in [0.15, 0.2) is 5.13 Å². The molecule has 4 nitrogen and oxygen atoms in total. The Morgan fingerprint density at radius 2 is 1.92 bits per heavy atom. The van der Waals surface area contributed by atoms with E-state index in [1.807, 2.05) is 49.4 Å². The first kappa shape index (κ1) is 16.5. The number of nitrogens with zero attached hydrogens (tertiary/aromatic N) is 1. The molecule has 0 spiro atoms. The third-order valence-electron chi connectivity index (χ3n) is 4.40. The van der Waals surface area contributed by atoms with Crippen molar-refractivity contribution in [1.29, 1.82) is 0 Å². The Morgan fingerprint density at radius 3 is 2.77 bits per heavy atom. The molecule has 0 radical (unpaired) electrons. The molecule has 0 atom stereocenters. The van der Waals surface area contributed by atoms with E-state index in [4.69, 9.17) is 4.74 Å². The van der Waals surface area contributed by atoms with E-state index in [1.165, 1.54) is 11.3 Å². The number of ether oxygens (including phenoxy) is 1. The second kappa shape index (κ2) is 6.77. The lowest BCUT2D eigenvalue weighted by molar-refractivity contribution is -0.115. The van der Waals surface area contributed by atoms with Gasteiger partial charge in [-0.1, -0.05) is 59.9 Å². The number of aromatic nitrogens is 1. The highest BCUT2D eigenvalue weighted by Crippen LogP contribution is 2.34. The highest BCUT2D eigenvalue weighted by atomic mass is 32.1. The van der Waals surface area contributed by atoms with Crippen LogP contribution in [0.15, 0.2) is 54.6 Å². The molecule has 4 rings (SSSR count). The predicted molar refractivity (Wildman–Crippen MR) is 107 cm³/mol. The summed E-state index contributed by atoms with van der Waals surface area (Å²) in [5.41, 5.74) is 2.92. The van der Waals surface area contributed by atoms with Crippen molar-refractivity contribution >= 4 is 43.4 Å². The smallest absolute Gasteiger partial charge is 0.230 e. The molecule has 1 aromatic heterocycles. The molecule has 5 heteroatoms. The summed E-state index contributed by atoms with van der Waals surface area (Å²) in [5, 5.41) is 5.77. The summed E-state index contributed by atoms with van der Waals surface area (Å²) in [4.78, 5) is 17.1. The van der Waals surface area contributed by atoms with Gasteiger partial charge in [0.2, 0.25) is 5.91 Å². The Kier molecular flexibility index (Phi) is 4.31. The molecule has 26 heavy (non-hydrogen) atoms. The molecule has 1 N–H and O–H groups in total. The summed E-state index contributed by atoms with van der Waals surface area (Å²) in [5.74, 6) is 0.647. The van der Waals surface area contributed by atoms with Gasteiger partial charge in [-0.25, -0.2) is 4.98 Å². The number of hydrogen-bond acceptors (Lipinski definition) is 4. The number of anilines is 1. The minimum absolute atomic E-state index is 0.0722. The van der Waals surface area contributed by atoms with E-state index in [1.54, 1.807) is 7.11 Å². The van der Waals surface area contributed by atoms with Gasteiger partial charge in [0.25, 0.3) is 0 Å². The Hall–Kier alpha value is -2.92. The average Bonchev–Trinajstić information content (AvgIpc) is 3.07. The van der Waals surface area contributed by atoms with Crippen LogP contribution in [-0.4, -0.2) is 18.0 Å². The van der Waals surface area contributed by atoms with Crippen molar-refractivity contribution in [2.24, 2.45) is 0 Å². The van der Waals surface area contributed by atoms with Crippen LogP contribution >= 0.6 is 11.3 Å². The summed E-state index contributed by atoms with van der Waals surface area (Å²) < 4.78 is 6.41. The number of hydrogen-bond donors (Lipinski definition) is 1. The molecule has 1 heterocycles. The number of methoxy groups -OCH3 is 1. The minimum Gasteiger partial charge on any atom is -0.494 e. The highest BCUT2D eigenvalue weighted by molar-refractivity contribution is 7.22. The van der Waals surface area contributed by atoms with Crippen LogP contribution in [0.1, 0.15) is 11.1 Å². The number of rotatable bonds is 4. The molecule has 0 aliphatic heterocycles. The van der Waals surface area contributed by atoms with E-state index < -0.39 is 0 Å². The van der Waals surface area contributed by atoms with Crippen LogP contribution in [0.5, 0.6) is 5.75 Å². The van der Waals surface area contributed by atoms with E-state index in [9.17, 15) is 4.79 Å². The number of carbonyl (C=O) groups is 1. The van der Waals surface area contributed by atoms with Crippen molar-refractivity contribution in [2.45, 2.75) is 13.3 Å². The van der Waals surface area contributed by atoms with Gasteiger partial charge in [0.1, 0.15) is 11.3 Å². The van der Waals surface area contributed by atoms with Crippen molar-refractivity contribution < 1.29 is 9.53 Å². The maximum absolute atomic E-state index is 12.6. The summed E-state index contributed by atoms with van der Waals surface area (Å²) in [6, 6.07) is 18.0. The molecule has 0 fully saturated rings. The predicted octanol–water partition coefficient (Wildman–Crippen LogP) is 4.95. The molecule has 0 aliphatic carbocycles. The van der Waals surface area contributed by atoms with Crippen LogP contribution in [-0.2, 0) is 11.2 Å². The SMILES string of the molecule is COc1ccc(C)c2sc(NC(=O)Cc3cccc4ccccc34)nc12. The topological polar surface area (TPSA) is 51.2 Å². The molecule has 0 saturated heterocycles. The lowest BCUT2D eigenvalue weighted by atomic mass is 10.0. The first-order valence-electron chi connectivity index (χ1n) is 8.36. The molecule has 0 aliphatic rings. The summed E-state index contributed by atoms with van der Waals surface area (Å²) in [6.07, 6.45) is 0.313. The van der Waals surface area contributed by atoms with E-state index >= 15 is 0 Å². The van der Waals surface area contributed by atoms with Crippen LogP contribution in [0, 0.1) is 6.92 Å². The van der Waals surface area contributed by atoms with Crippen LogP contribution in [0.2, 0.25) is 0 Å². The van der Waals surface area contributed by atoms with E-state index in [0.717, 1.165) is 37.9 Å². The second-order valence-corrected chi connectivity index (χ2v) is 7.14. The van der Waals surface area contributed by atoms with Gasteiger partial charge >= 0.3 is 0 Å². The zero-order valence-electron chi connectivity index (χ0n) is 14.6. The largest absolute Gasteiger partial charge is 0.494 e. The van der Waals surface area contributed by atoms with Gasteiger partial charge in [-0.3, -0.25) is 4.79 Å². The fourth-order valence-electron chi connectivity index (χ4n) is 3.11.